The highest BCUT2D eigenvalue weighted by Crippen LogP contribution is 2.30. The maximum absolute atomic E-state index is 13.0. The van der Waals surface area contributed by atoms with Crippen LogP contribution in [-0.2, 0) is 19.9 Å². The van der Waals surface area contributed by atoms with Gasteiger partial charge in [0.05, 0.1) is 6.54 Å². The van der Waals surface area contributed by atoms with E-state index >= 15 is 0 Å². The zero-order valence-electron chi connectivity index (χ0n) is 16.6. The van der Waals surface area contributed by atoms with Gasteiger partial charge in [-0.3, -0.25) is 19.3 Å². The molecule has 0 spiro atoms. The first-order valence-corrected chi connectivity index (χ1v) is 9.40. The topological polar surface area (TPSA) is 108 Å². The number of urea groups is 1. The summed E-state index contributed by atoms with van der Waals surface area (Å²) in [5.74, 6) is -1.44. The highest BCUT2D eigenvalue weighted by Gasteiger charge is 2.49. The number of rotatable bonds is 6. The van der Waals surface area contributed by atoms with Gasteiger partial charge in [-0.05, 0) is 43.2 Å². The van der Waals surface area contributed by atoms with Gasteiger partial charge in [0, 0.05) is 6.04 Å². The summed E-state index contributed by atoms with van der Waals surface area (Å²) in [5.41, 5.74) is -0.634. The van der Waals surface area contributed by atoms with E-state index < -0.39 is 29.9 Å². The van der Waals surface area contributed by atoms with E-state index in [4.69, 9.17) is 0 Å². The van der Waals surface area contributed by atoms with Crippen molar-refractivity contribution >= 4 is 34.5 Å². The number of imide groups is 1. The zero-order chi connectivity index (χ0) is 21.2. The molecule has 29 heavy (non-hydrogen) atoms. The lowest BCUT2D eigenvalue weighted by Crippen LogP contribution is -2.45. The number of hydrogen-bond donors (Lipinski definition) is 3. The average Bonchev–Trinajstić information content (AvgIpc) is 2.89. The van der Waals surface area contributed by atoms with Crippen molar-refractivity contribution in [2.24, 2.45) is 0 Å². The second kappa shape index (κ2) is 7.90. The van der Waals surface area contributed by atoms with E-state index in [-0.39, 0.29) is 18.5 Å². The summed E-state index contributed by atoms with van der Waals surface area (Å²) >= 11 is 0. The minimum absolute atomic E-state index is 0.0481. The van der Waals surface area contributed by atoms with Crippen molar-refractivity contribution in [2.45, 2.75) is 32.4 Å². The van der Waals surface area contributed by atoms with Gasteiger partial charge in [0.2, 0.25) is 11.8 Å². The van der Waals surface area contributed by atoms with Crippen molar-refractivity contribution in [3.8, 4) is 0 Å². The van der Waals surface area contributed by atoms with Crippen LogP contribution in [-0.4, -0.2) is 47.8 Å². The van der Waals surface area contributed by atoms with Crippen LogP contribution >= 0.6 is 0 Å². The van der Waals surface area contributed by atoms with Gasteiger partial charge in [-0.1, -0.05) is 36.4 Å². The van der Waals surface area contributed by atoms with Gasteiger partial charge in [0.1, 0.15) is 12.1 Å². The normalized spacial score (nSPS) is 18.8. The lowest BCUT2D eigenvalue weighted by molar-refractivity contribution is -0.135. The predicted octanol–water partition coefficient (Wildman–Crippen LogP) is 1.25. The summed E-state index contributed by atoms with van der Waals surface area (Å²) in [6, 6.07) is 12.6. The van der Waals surface area contributed by atoms with Gasteiger partial charge in [0.15, 0.2) is 0 Å². The Morgan fingerprint density at radius 2 is 1.76 bits per heavy atom. The average molecular weight is 396 g/mol. The fourth-order valence-corrected chi connectivity index (χ4v) is 3.29. The number of benzene rings is 2. The zero-order valence-corrected chi connectivity index (χ0v) is 16.6. The van der Waals surface area contributed by atoms with Gasteiger partial charge in [-0.15, -0.1) is 0 Å². The van der Waals surface area contributed by atoms with Crippen LogP contribution in [0.1, 0.15) is 26.3 Å². The molecule has 2 aromatic carbocycles. The number of amides is 5. The van der Waals surface area contributed by atoms with Gasteiger partial charge in [-0.25, -0.2) is 4.79 Å². The van der Waals surface area contributed by atoms with Crippen LogP contribution in [0.5, 0.6) is 0 Å². The number of nitrogens with zero attached hydrogens (tertiary/aromatic N) is 1. The molecule has 1 heterocycles. The second-order valence-corrected chi connectivity index (χ2v) is 7.51. The second-order valence-electron chi connectivity index (χ2n) is 7.51. The molecule has 1 aliphatic rings. The summed E-state index contributed by atoms with van der Waals surface area (Å²) in [4.78, 5) is 50.0. The molecular formula is C21H24N4O4. The Morgan fingerprint density at radius 1 is 1.07 bits per heavy atom. The lowest BCUT2D eigenvalue weighted by atomic mass is 9.90. The van der Waals surface area contributed by atoms with Gasteiger partial charge >= 0.3 is 6.03 Å². The first-order valence-electron chi connectivity index (χ1n) is 9.40. The molecule has 1 aliphatic heterocycles. The molecule has 3 N–H and O–H groups in total. The molecule has 0 saturated carbocycles. The third-order valence-corrected chi connectivity index (χ3v) is 4.80. The van der Waals surface area contributed by atoms with E-state index in [1.54, 1.807) is 26.8 Å². The molecule has 0 unspecified atom stereocenters. The number of carbonyl (C=O) groups is 4. The van der Waals surface area contributed by atoms with Crippen molar-refractivity contribution in [2.75, 3.05) is 13.1 Å². The first kappa shape index (κ1) is 20.3. The van der Waals surface area contributed by atoms with Crippen LogP contribution in [0.3, 0.4) is 0 Å². The van der Waals surface area contributed by atoms with Crippen LogP contribution in [0.4, 0.5) is 4.79 Å². The molecule has 5 amide bonds. The number of hydrogen-bond acceptors (Lipinski definition) is 4. The Hall–Kier alpha value is -3.42. The number of fused-ring (bicyclic) bond motifs is 1. The van der Waals surface area contributed by atoms with E-state index in [1.807, 2.05) is 36.4 Å². The highest BCUT2D eigenvalue weighted by atomic mass is 16.2. The van der Waals surface area contributed by atoms with Crippen molar-refractivity contribution < 1.29 is 19.2 Å². The molecule has 1 fully saturated rings. The smallest absolute Gasteiger partial charge is 0.325 e. The highest BCUT2D eigenvalue weighted by molar-refractivity contribution is 6.09. The van der Waals surface area contributed by atoms with Gasteiger partial charge in [-0.2, -0.15) is 0 Å². The Kier molecular flexibility index (Phi) is 5.54. The Labute approximate surface area is 168 Å². The third kappa shape index (κ3) is 4.21. The van der Waals surface area contributed by atoms with Crippen LogP contribution < -0.4 is 16.0 Å². The van der Waals surface area contributed by atoms with Crippen LogP contribution in [0.2, 0.25) is 0 Å². The minimum Gasteiger partial charge on any atom is -0.352 e. The van der Waals surface area contributed by atoms with Crippen LogP contribution in [0, 0.1) is 0 Å². The molecule has 0 aliphatic carbocycles. The van der Waals surface area contributed by atoms with Crippen molar-refractivity contribution in [3.05, 3.63) is 48.0 Å². The summed E-state index contributed by atoms with van der Waals surface area (Å²) in [7, 11) is 0. The van der Waals surface area contributed by atoms with E-state index in [9.17, 15) is 19.2 Å². The molecular weight excluding hydrogens is 372 g/mol. The molecule has 3 rings (SSSR count). The van der Waals surface area contributed by atoms with E-state index in [0.29, 0.717) is 5.56 Å². The molecule has 0 radical (unpaired) electrons. The molecule has 0 aromatic heterocycles. The summed E-state index contributed by atoms with van der Waals surface area (Å²) in [6.07, 6.45) is 0. The molecule has 152 valence electrons. The Balaban J connectivity index is 1.71. The van der Waals surface area contributed by atoms with Crippen molar-refractivity contribution in [1.82, 2.24) is 20.9 Å². The fourth-order valence-electron chi connectivity index (χ4n) is 3.29. The van der Waals surface area contributed by atoms with E-state index in [2.05, 4.69) is 16.0 Å². The van der Waals surface area contributed by atoms with E-state index in [0.717, 1.165) is 15.7 Å². The Morgan fingerprint density at radius 3 is 2.45 bits per heavy atom. The first-order chi connectivity index (χ1) is 13.7. The molecule has 8 nitrogen and oxygen atoms in total. The predicted molar refractivity (Wildman–Crippen MR) is 108 cm³/mol. The lowest BCUT2D eigenvalue weighted by Gasteiger charge is -2.22. The van der Waals surface area contributed by atoms with Crippen molar-refractivity contribution in [1.29, 1.82) is 0 Å². The summed E-state index contributed by atoms with van der Waals surface area (Å²) in [6.45, 7) is 4.55. The van der Waals surface area contributed by atoms with Crippen LogP contribution in [0.25, 0.3) is 10.8 Å². The molecule has 1 saturated heterocycles. The number of carbonyl (C=O) groups excluding carboxylic acids is 4. The van der Waals surface area contributed by atoms with Crippen molar-refractivity contribution in [3.63, 3.8) is 0 Å². The minimum atomic E-state index is -1.27. The van der Waals surface area contributed by atoms with E-state index in [1.165, 1.54) is 0 Å². The largest absolute Gasteiger partial charge is 0.352 e. The molecule has 2 aromatic rings. The Bertz CT molecular complexity index is 988. The van der Waals surface area contributed by atoms with Gasteiger partial charge in [0.25, 0.3) is 5.91 Å². The monoisotopic (exact) mass is 396 g/mol. The SMILES string of the molecule is CC(C)NC(=O)CNC(=O)CN1C(=O)N[C@@](C)(c2ccc3ccccc3c2)C1=O. The molecule has 1 atom stereocenters. The fraction of sp³-hybridized carbons (Fsp3) is 0.333. The molecule has 8 heteroatoms. The maximum atomic E-state index is 13.0. The maximum Gasteiger partial charge on any atom is 0.325 e. The van der Waals surface area contributed by atoms with Gasteiger partial charge < -0.3 is 16.0 Å². The quantitative estimate of drug-likeness (QED) is 0.639. The summed E-state index contributed by atoms with van der Waals surface area (Å²) in [5, 5.41) is 9.72. The van der Waals surface area contributed by atoms with Crippen LogP contribution in [0.15, 0.2) is 42.5 Å². The third-order valence-electron chi connectivity index (χ3n) is 4.80. The summed E-state index contributed by atoms with van der Waals surface area (Å²) < 4.78 is 0. The molecule has 0 bridgehead atoms. The standard InChI is InChI=1S/C21H24N4O4/c1-13(2)23-17(26)11-22-18(27)12-25-19(28)21(3,24-20(25)29)16-9-8-14-6-4-5-7-15(14)10-16/h4-10,13H,11-12H2,1-3H3,(H,22,27)(H,23,26)(H,24,29)/t21-/m0/s1. The number of nitrogens with one attached hydrogen (secondary N) is 3.